The van der Waals surface area contributed by atoms with Gasteiger partial charge in [0, 0.05) is 26.0 Å². The lowest BCUT2D eigenvalue weighted by molar-refractivity contribution is -0.274. The number of nitrogens with one attached hydrogen (secondary N) is 1. The van der Waals surface area contributed by atoms with Gasteiger partial charge in [0.2, 0.25) is 0 Å². The van der Waals surface area contributed by atoms with Crippen molar-refractivity contribution < 1.29 is 51.5 Å². The van der Waals surface area contributed by atoms with Gasteiger partial charge in [-0.05, 0) is 48.2 Å². The van der Waals surface area contributed by atoms with Crippen LogP contribution in [-0.2, 0) is 32.2 Å². The van der Waals surface area contributed by atoms with Crippen molar-refractivity contribution in [3.63, 3.8) is 0 Å². The molecule has 1 amide bonds. The molecule has 0 spiro atoms. The largest absolute Gasteiger partial charge is 0.573 e. The van der Waals surface area contributed by atoms with Crippen LogP contribution in [0.25, 0.3) is 0 Å². The third kappa shape index (κ3) is 8.12. The minimum atomic E-state index is -4.86. The molecule has 2 fully saturated rings. The van der Waals surface area contributed by atoms with E-state index in [9.17, 15) is 32.6 Å². The van der Waals surface area contributed by atoms with Crippen LogP contribution < -0.4 is 10.1 Å². The predicted molar refractivity (Wildman–Crippen MR) is 129 cm³/mol. The van der Waals surface area contributed by atoms with Crippen LogP contribution in [0.3, 0.4) is 0 Å². The third-order valence-corrected chi connectivity index (χ3v) is 6.77. The first-order chi connectivity index (χ1) is 18.5. The average molecular weight is 558 g/mol. The van der Waals surface area contributed by atoms with Crippen molar-refractivity contribution in [2.75, 3.05) is 13.2 Å². The smallest absolute Gasteiger partial charge is 0.406 e. The summed E-state index contributed by atoms with van der Waals surface area (Å²) < 4.78 is 72.8. The van der Waals surface area contributed by atoms with E-state index < -0.39 is 47.7 Å². The quantitative estimate of drug-likeness (QED) is 0.385. The molecule has 12 heteroatoms. The monoisotopic (exact) mass is 557 g/mol. The maximum Gasteiger partial charge on any atom is 0.573 e. The number of hydrogen-bond donors (Lipinski definition) is 3. The molecule has 214 valence electrons. The van der Waals surface area contributed by atoms with Gasteiger partial charge in [0.15, 0.2) is 5.60 Å². The molecule has 1 saturated heterocycles. The Morgan fingerprint density at radius 1 is 1.08 bits per heavy atom. The first-order valence-electron chi connectivity index (χ1n) is 12.6. The Labute approximate surface area is 222 Å². The molecular formula is C27H31F4NO7. The van der Waals surface area contributed by atoms with Gasteiger partial charge < -0.3 is 34.5 Å². The zero-order valence-electron chi connectivity index (χ0n) is 21.0. The van der Waals surface area contributed by atoms with Crippen LogP contribution in [0.5, 0.6) is 5.75 Å². The van der Waals surface area contributed by atoms with Gasteiger partial charge in [-0.1, -0.05) is 24.3 Å². The van der Waals surface area contributed by atoms with Crippen LogP contribution in [0.4, 0.5) is 17.6 Å². The molecule has 0 bridgehead atoms. The van der Waals surface area contributed by atoms with Crippen LogP contribution in [0.1, 0.15) is 36.8 Å². The molecular weight excluding hydrogens is 526 g/mol. The van der Waals surface area contributed by atoms with E-state index in [0.29, 0.717) is 17.7 Å². The van der Waals surface area contributed by atoms with Gasteiger partial charge in [-0.2, -0.15) is 0 Å². The highest BCUT2D eigenvalue weighted by molar-refractivity contribution is 5.85. The highest BCUT2D eigenvalue weighted by Gasteiger charge is 2.51. The van der Waals surface area contributed by atoms with Crippen molar-refractivity contribution in [3.05, 3.63) is 65.5 Å². The number of hydrogen-bond acceptors (Lipinski definition) is 7. The minimum absolute atomic E-state index is 0.155. The number of rotatable bonds is 10. The first kappa shape index (κ1) is 29.2. The van der Waals surface area contributed by atoms with Gasteiger partial charge >= 0.3 is 6.36 Å². The molecule has 0 radical (unpaired) electrons. The molecule has 5 atom stereocenters. The Morgan fingerprint density at radius 2 is 1.82 bits per heavy atom. The molecule has 2 aliphatic rings. The summed E-state index contributed by atoms with van der Waals surface area (Å²) in [6.45, 7) is 0.427. The fraction of sp³-hybridized carbons (Fsp3) is 0.519. The molecule has 0 aromatic heterocycles. The van der Waals surface area contributed by atoms with Crippen LogP contribution in [0, 0.1) is 5.82 Å². The molecule has 2 aromatic rings. The van der Waals surface area contributed by atoms with E-state index in [4.69, 9.17) is 14.2 Å². The molecule has 1 aliphatic carbocycles. The van der Waals surface area contributed by atoms with Crippen LogP contribution in [0.2, 0.25) is 0 Å². The van der Waals surface area contributed by atoms with Gasteiger partial charge in [0.1, 0.15) is 17.7 Å². The number of halogens is 4. The SMILES string of the molecule is O=C(NCC1CCCO1)[C@@]1(OCc2cccc(F)c2)CC(OCc2cccc(OC(F)(F)F)c2)[C@H](O)[C@H](O)C1. The number of alkyl halides is 3. The molecule has 1 aliphatic heterocycles. The normalized spacial score (nSPS) is 27.3. The van der Waals surface area contributed by atoms with Crippen LogP contribution >= 0.6 is 0 Å². The Hall–Kier alpha value is -2.77. The molecule has 3 N–H and O–H groups in total. The average Bonchev–Trinajstić information content (AvgIpc) is 3.40. The summed E-state index contributed by atoms with van der Waals surface area (Å²) >= 11 is 0. The van der Waals surface area contributed by atoms with Gasteiger partial charge in [0.25, 0.3) is 5.91 Å². The van der Waals surface area contributed by atoms with Crippen molar-refractivity contribution in [1.29, 1.82) is 0 Å². The number of benzene rings is 2. The maximum atomic E-state index is 13.7. The molecule has 4 rings (SSSR count). The second-order valence-corrected chi connectivity index (χ2v) is 9.77. The number of carbonyl (C=O) groups excluding carboxylic acids is 1. The van der Waals surface area contributed by atoms with Crippen molar-refractivity contribution in [2.45, 2.75) is 75.3 Å². The van der Waals surface area contributed by atoms with Gasteiger partial charge in [0.05, 0.1) is 31.5 Å². The number of aliphatic hydroxyl groups excluding tert-OH is 2. The lowest BCUT2D eigenvalue weighted by Crippen LogP contribution is -2.61. The number of ether oxygens (including phenoxy) is 4. The Kier molecular flexibility index (Phi) is 9.44. The third-order valence-electron chi connectivity index (χ3n) is 6.77. The van der Waals surface area contributed by atoms with Gasteiger partial charge in [-0.3, -0.25) is 4.79 Å². The number of aliphatic hydroxyl groups is 2. The van der Waals surface area contributed by atoms with Crippen molar-refractivity contribution in [2.24, 2.45) is 0 Å². The second-order valence-electron chi connectivity index (χ2n) is 9.77. The first-order valence-corrected chi connectivity index (χ1v) is 12.6. The van der Waals surface area contributed by atoms with Crippen molar-refractivity contribution in [1.82, 2.24) is 5.32 Å². The van der Waals surface area contributed by atoms with Crippen molar-refractivity contribution >= 4 is 5.91 Å². The Balaban J connectivity index is 1.49. The van der Waals surface area contributed by atoms with E-state index in [-0.39, 0.29) is 38.7 Å². The van der Waals surface area contributed by atoms with E-state index in [1.165, 1.54) is 30.3 Å². The van der Waals surface area contributed by atoms with Crippen LogP contribution in [-0.4, -0.2) is 65.7 Å². The molecule has 8 nitrogen and oxygen atoms in total. The lowest BCUT2D eigenvalue weighted by atomic mass is 9.78. The van der Waals surface area contributed by atoms with E-state index >= 15 is 0 Å². The summed E-state index contributed by atoms with van der Waals surface area (Å²) in [7, 11) is 0. The fourth-order valence-corrected chi connectivity index (χ4v) is 4.82. The van der Waals surface area contributed by atoms with Crippen molar-refractivity contribution in [3.8, 4) is 5.75 Å². The van der Waals surface area contributed by atoms with E-state index in [2.05, 4.69) is 10.1 Å². The minimum Gasteiger partial charge on any atom is -0.406 e. The highest BCUT2D eigenvalue weighted by atomic mass is 19.4. The molecule has 2 unspecified atom stereocenters. The predicted octanol–water partition coefficient (Wildman–Crippen LogP) is 3.38. The van der Waals surface area contributed by atoms with Gasteiger partial charge in [-0.15, -0.1) is 13.2 Å². The van der Waals surface area contributed by atoms with Gasteiger partial charge in [-0.25, -0.2) is 4.39 Å². The zero-order valence-corrected chi connectivity index (χ0v) is 21.0. The molecule has 2 aromatic carbocycles. The molecule has 1 saturated carbocycles. The summed E-state index contributed by atoms with van der Waals surface area (Å²) in [4.78, 5) is 13.5. The summed E-state index contributed by atoms with van der Waals surface area (Å²) in [6, 6.07) is 10.8. The summed E-state index contributed by atoms with van der Waals surface area (Å²) in [5.74, 6) is -1.46. The Morgan fingerprint density at radius 3 is 2.51 bits per heavy atom. The standard InChI is InChI=1S/C27H31F4NO7/c28-19-6-1-4-17(10-19)16-38-26(25(35)32-14-21-8-3-9-36-21)12-22(33)24(34)23(13-26)37-15-18-5-2-7-20(11-18)39-27(29,30)31/h1-2,4-7,10-11,21-24,33-34H,3,8-9,12-16H2,(H,32,35)/t21?,22-,23?,24-,26+/m1/s1. The lowest BCUT2D eigenvalue weighted by Gasteiger charge is -2.44. The molecule has 1 heterocycles. The second kappa shape index (κ2) is 12.6. The maximum absolute atomic E-state index is 13.7. The number of carbonyl (C=O) groups is 1. The molecule has 39 heavy (non-hydrogen) atoms. The summed E-state index contributed by atoms with van der Waals surface area (Å²) in [6.07, 6.45) is -7.71. The summed E-state index contributed by atoms with van der Waals surface area (Å²) in [5, 5.41) is 24.2. The number of amides is 1. The van der Waals surface area contributed by atoms with Crippen LogP contribution in [0.15, 0.2) is 48.5 Å². The fourth-order valence-electron chi connectivity index (χ4n) is 4.82. The zero-order chi connectivity index (χ0) is 28.0. The Bertz CT molecular complexity index is 1110. The van der Waals surface area contributed by atoms with E-state index in [1.54, 1.807) is 6.07 Å². The van der Waals surface area contributed by atoms with E-state index in [0.717, 1.165) is 25.0 Å². The van der Waals surface area contributed by atoms with E-state index in [1.807, 2.05) is 0 Å². The highest BCUT2D eigenvalue weighted by Crippen LogP contribution is 2.36. The summed E-state index contributed by atoms with van der Waals surface area (Å²) in [5.41, 5.74) is -0.867. The topological polar surface area (TPSA) is 106 Å².